The van der Waals surface area contributed by atoms with Crippen LogP contribution in [0.1, 0.15) is 33.1 Å². The molecule has 1 N–H and O–H groups in total. The summed E-state index contributed by atoms with van der Waals surface area (Å²) < 4.78 is 16.6. The van der Waals surface area contributed by atoms with Gasteiger partial charge < -0.3 is 19.5 Å². The quantitative estimate of drug-likeness (QED) is 0.575. The Morgan fingerprint density at radius 2 is 2.06 bits per heavy atom. The van der Waals surface area contributed by atoms with Gasteiger partial charge in [0.15, 0.2) is 0 Å². The van der Waals surface area contributed by atoms with Gasteiger partial charge in [-0.15, -0.1) is 0 Å². The first-order valence-electron chi connectivity index (χ1n) is 7.35. The maximum absolute atomic E-state index is 5.70. The van der Waals surface area contributed by atoms with Crippen LogP contribution in [0.2, 0.25) is 0 Å². The normalized spacial score (nSPS) is 21.3. The van der Waals surface area contributed by atoms with Crippen LogP contribution < -0.4 is 5.32 Å². The van der Waals surface area contributed by atoms with E-state index in [2.05, 4.69) is 19.2 Å². The molecule has 0 aromatic carbocycles. The SMILES string of the molecule is CCCCOCCOCC(NCC)C1CCOC1. The van der Waals surface area contributed by atoms with Crippen molar-refractivity contribution >= 4 is 0 Å². The summed E-state index contributed by atoms with van der Waals surface area (Å²) in [6, 6.07) is 0.424. The van der Waals surface area contributed by atoms with E-state index in [1.54, 1.807) is 0 Å². The van der Waals surface area contributed by atoms with Crippen molar-refractivity contribution in [1.82, 2.24) is 5.32 Å². The van der Waals surface area contributed by atoms with Gasteiger partial charge in [-0.25, -0.2) is 0 Å². The third kappa shape index (κ3) is 6.69. The Morgan fingerprint density at radius 3 is 2.72 bits per heavy atom. The topological polar surface area (TPSA) is 39.7 Å². The Hall–Kier alpha value is -0.160. The lowest BCUT2D eigenvalue weighted by Gasteiger charge is -2.23. The zero-order valence-electron chi connectivity index (χ0n) is 12.0. The molecule has 0 aliphatic carbocycles. The minimum Gasteiger partial charge on any atom is -0.381 e. The van der Waals surface area contributed by atoms with Crippen LogP contribution in [0.25, 0.3) is 0 Å². The summed E-state index contributed by atoms with van der Waals surface area (Å²) in [5.41, 5.74) is 0. The van der Waals surface area contributed by atoms with Crippen molar-refractivity contribution in [2.45, 2.75) is 39.2 Å². The molecule has 0 saturated carbocycles. The van der Waals surface area contributed by atoms with Crippen molar-refractivity contribution in [3.05, 3.63) is 0 Å². The van der Waals surface area contributed by atoms with Crippen molar-refractivity contribution in [2.75, 3.05) is 46.2 Å². The van der Waals surface area contributed by atoms with Crippen LogP contribution in [0.15, 0.2) is 0 Å². The molecular formula is C14H29NO3. The smallest absolute Gasteiger partial charge is 0.0701 e. The van der Waals surface area contributed by atoms with Gasteiger partial charge in [-0.3, -0.25) is 0 Å². The molecule has 4 heteroatoms. The van der Waals surface area contributed by atoms with E-state index in [4.69, 9.17) is 14.2 Å². The van der Waals surface area contributed by atoms with Gasteiger partial charge in [0, 0.05) is 25.2 Å². The maximum Gasteiger partial charge on any atom is 0.0701 e. The molecule has 2 atom stereocenters. The molecule has 18 heavy (non-hydrogen) atoms. The highest BCUT2D eigenvalue weighted by Gasteiger charge is 2.24. The number of unbranched alkanes of at least 4 members (excludes halogenated alkanes) is 1. The van der Waals surface area contributed by atoms with Gasteiger partial charge in [0.05, 0.1) is 26.4 Å². The molecule has 1 heterocycles. The molecule has 1 fully saturated rings. The largest absolute Gasteiger partial charge is 0.381 e. The molecule has 0 aromatic heterocycles. The van der Waals surface area contributed by atoms with E-state index in [-0.39, 0.29) is 0 Å². The number of likely N-dealkylation sites (N-methyl/N-ethyl adjacent to an activating group) is 1. The van der Waals surface area contributed by atoms with Crippen LogP contribution in [0.4, 0.5) is 0 Å². The fraction of sp³-hybridized carbons (Fsp3) is 1.00. The molecular weight excluding hydrogens is 230 g/mol. The fourth-order valence-electron chi connectivity index (χ4n) is 2.17. The fourth-order valence-corrected chi connectivity index (χ4v) is 2.17. The second kappa shape index (κ2) is 10.7. The van der Waals surface area contributed by atoms with E-state index in [9.17, 15) is 0 Å². The van der Waals surface area contributed by atoms with Crippen molar-refractivity contribution in [3.8, 4) is 0 Å². The van der Waals surface area contributed by atoms with Gasteiger partial charge in [0.25, 0.3) is 0 Å². The minimum absolute atomic E-state index is 0.424. The zero-order valence-corrected chi connectivity index (χ0v) is 12.0. The molecule has 0 spiro atoms. The Bertz CT molecular complexity index is 184. The second-order valence-electron chi connectivity index (χ2n) is 4.83. The minimum atomic E-state index is 0.424. The van der Waals surface area contributed by atoms with Crippen LogP contribution in [0, 0.1) is 5.92 Å². The van der Waals surface area contributed by atoms with Gasteiger partial charge in [-0.05, 0) is 19.4 Å². The van der Waals surface area contributed by atoms with Gasteiger partial charge in [-0.2, -0.15) is 0 Å². The molecule has 0 bridgehead atoms. The summed E-state index contributed by atoms with van der Waals surface area (Å²) in [5.74, 6) is 0.603. The molecule has 1 rings (SSSR count). The van der Waals surface area contributed by atoms with Gasteiger partial charge in [-0.1, -0.05) is 20.3 Å². The zero-order chi connectivity index (χ0) is 13.1. The lowest BCUT2D eigenvalue weighted by atomic mass is 10.00. The number of hydrogen-bond donors (Lipinski definition) is 1. The average molecular weight is 259 g/mol. The Kier molecular flexibility index (Phi) is 9.48. The van der Waals surface area contributed by atoms with E-state index < -0.39 is 0 Å². The summed E-state index contributed by atoms with van der Waals surface area (Å²) >= 11 is 0. The van der Waals surface area contributed by atoms with E-state index in [0.717, 1.165) is 45.8 Å². The van der Waals surface area contributed by atoms with Gasteiger partial charge in [0.1, 0.15) is 0 Å². The lowest BCUT2D eigenvalue weighted by Crippen LogP contribution is -2.40. The third-order valence-electron chi connectivity index (χ3n) is 3.31. The predicted octanol–water partition coefficient (Wildman–Crippen LogP) is 1.83. The molecule has 1 saturated heterocycles. The van der Waals surface area contributed by atoms with Crippen molar-refractivity contribution in [3.63, 3.8) is 0 Å². The highest BCUT2D eigenvalue weighted by molar-refractivity contribution is 4.78. The molecule has 108 valence electrons. The number of nitrogens with one attached hydrogen (secondary N) is 1. The number of hydrogen-bond acceptors (Lipinski definition) is 4. The molecule has 4 nitrogen and oxygen atoms in total. The van der Waals surface area contributed by atoms with Gasteiger partial charge >= 0.3 is 0 Å². The molecule has 1 aliphatic heterocycles. The molecule has 0 radical (unpaired) electrons. The van der Waals surface area contributed by atoms with E-state index >= 15 is 0 Å². The Morgan fingerprint density at radius 1 is 1.22 bits per heavy atom. The molecule has 2 unspecified atom stereocenters. The monoisotopic (exact) mass is 259 g/mol. The van der Waals surface area contributed by atoms with Crippen LogP contribution >= 0.6 is 0 Å². The second-order valence-corrected chi connectivity index (χ2v) is 4.83. The first-order chi connectivity index (χ1) is 8.88. The highest BCUT2D eigenvalue weighted by atomic mass is 16.5. The van der Waals surface area contributed by atoms with Crippen LogP contribution in [0.5, 0.6) is 0 Å². The first kappa shape index (κ1) is 15.9. The van der Waals surface area contributed by atoms with E-state index in [1.165, 1.54) is 6.42 Å². The number of ether oxygens (including phenoxy) is 3. The summed E-state index contributed by atoms with van der Waals surface area (Å²) in [7, 11) is 0. The molecule has 1 aliphatic rings. The van der Waals surface area contributed by atoms with E-state index in [1.807, 2.05) is 0 Å². The van der Waals surface area contributed by atoms with E-state index in [0.29, 0.717) is 25.2 Å². The predicted molar refractivity (Wildman–Crippen MR) is 72.9 cm³/mol. The lowest BCUT2D eigenvalue weighted by molar-refractivity contribution is 0.0304. The summed E-state index contributed by atoms with van der Waals surface area (Å²) in [4.78, 5) is 0. The molecule has 0 aromatic rings. The Balaban J connectivity index is 2.02. The van der Waals surface area contributed by atoms with Crippen molar-refractivity contribution in [1.29, 1.82) is 0 Å². The third-order valence-corrected chi connectivity index (χ3v) is 3.31. The van der Waals surface area contributed by atoms with Crippen LogP contribution in [-0.4, -0.2) is 52.2 Å². The van der Waals surface area contributed by atoms with Gasteiger partial charge in [0.2, 0.25) is 0 Å². The molecule has 0 amide bonds. The average Bonchev–Trinajstić information content (AvgIpc) is 2.90. The summed E-state index contributed by atoms with van der Waals surface area (Å²) in [6.07, 6.45) is 3.47. The van der Waals surface area contributed by atoms with Crippen LogP contribution in [0.3, 0.4) is 0 Å². The van der Waals surface area contributed by atoms with Crippen molar-refractivity contribution < 1.29 is 14.2 Å². The highest BCUT2D eigenvalue weighted by Crippen LogP contribution is 2.16. The maximum atomic E-state index is 5.70. The summed E-state index contributed by atoms with van der Waals surface area (Å²) in [6.45, 7) is 10.1. The van der Waals surface area contributed by atoms with Crippen LogP contribution in [-0.2, 0) is 14.2 Å². The standard InChI is InChI=1S/C14H29NO3/c1-3-5-7-16-9-10-18-12-14(15-4-2)13-6-8-17-11-13/h13-15H,3-12H2,1-2H3. The summed E-state index contributed by atoms with van der Waals surface area (Å²) in [5, 5.41) is 3.49. The van der Waals surface area contributed by atoms with Crippen molar-refractivity contribution in [2.24, 2.45) is 5.92 Å². The first-order valence-corrected chi connectivity index (χ1v) is 7.35. The number of rotatable bonds is 11. The Labute approximate surface area is 111 Å².